The highest BCUT2D eigenvalue weighted by Gasteiger charge is 2.44. The standard InChI is InChI=1S/C18H20N4O3/c23-17-4-2-8-20-21(17)12-18(24)22-13-5-6-14(22)10-16(9-13)25-15-3-1-7-19-11-15/h1-4,7-8,11,13-14,16H,5-6,9-10,12H2. The van der Waals surface area contributed by atoms with Gasteiger partial charge >= 0.3 is 0 Å². The van der Waals surface area contributed by atoms with Crippen LogP contribution in [0.25, 0.3) is 0 Å². The molecule has 2 aliphatic heterocycles. The largest absolute Gasteiger partial charge is 0.489 e. The smallest absolute Gasteiger partial charge is 0.267 e. The fraction of sp³-hybridized carbons (Fsp3) is 0.444. The van der Waals surface area contributed by atoms with E-state index in [-0.39, 0.29) is 36.2 Å². The zero-order chi connectivity index (χ0) is 17.2. The molecule has 2 bridgehead atoms. The lowest BCUT2D eigenvalue weighted by Crippen LogP contribution is -2.50. The normalized spacial score (nSPS) is 25.0. The van der Waals surface area contributed by atoms with Crippen LogP contribution in [0.2, 0.25) is 0 Å². The first kappa shape index (κ1) is 15.8. The van der Waals surface area contributed by atoms with Crippen LogP contribution in [0.4, 0.5) is 0 Å². The van der Waals surface area contributed by atoms with Gasteiger partial charge in [0.15, 0.2) is 0 Å². The van der Waals surface area contributed by atoms with E-state index in [1.165, 1.54) is 16.9 Å². The van der Waals surface area contributed by atoms with Crippen molar-refractivity contribution in [2.75, 3.05) is 0 Å². The first-order valence-corrected chi connectivity index (χ1v) is 8.60. The summed E-state index contributed by atoms with van der Waals surface area (Å²) in [5.41, 5.74) is -0.252. The van der Waals surface area contributed by atoms with Crippen molar-refractivity contribution in [1.82, 2.24) is 19.7 Å². The van der Waals surface area contributed by atoms with Crippen molar-refractivity contribution in [2.45, 2.75) is 50.4 Å². The van der Waals surface area contributed by atoms with E-state index in [0.717, 1.165) is 31.4 Å². The van der Waals surface area contributed by atoms with Crippen molar-refractivity contribution in [3.8, 4) is 5.75 Å². The van der Waals surface area contributed by atoms with Gasteiger partial charge in [0.2, 0.25) is 5.91 Å². The Kier molecular flexibility index (Phi) is 4.21. The molecule has 2 saturated heterocycles. The van der Waals surface area contributed by atoms with Gasteiger partial charge in [-0.15, -0.1) is 0 Å². The second kappa shape index (κ2) is 6.66. The Morgan fingerprint density at radius 2 is 1.92 bits per heavy atom. The highest BCUT2D eigenvalue weighted by atomic mass is 16.5. The number of nitrogens with zero attached hydrogens (tertiary/aromatic N) is 4. The average Bonchev–Trinajstić information content (AvgIpc) is 2.89. The molecule has 0 spiro atoms. The summed E-state index contributed by atoms with van der Waals surface area (Å²) in [6, 6.07) is 7.10. The minimum absolute atomic E-state index is 0.000796. The molecule has 2 aliphatic rings. The molecule has 4 heterocycles. The van der Waals surface area contributed by atoms with Gasteiger partial charge in [-0.05, 0) is 31.0 Å². The highest BCUT2D eigenvalue weighted by Crippen LogP contribution is 2.37. The van der Waals surface area contributed by atoms with Crippen molar-refractivity contribution in [3.63, 3.8) is 0 Å². The summed E-state index contributed by atoms with van der Waals surface area (Å²) in [5, 5.41) is 3.98. The molecule has 25 heavy (non-hydrogen) atoms. The number of aromatic nitrogens is 3. The van der Waals surface area contributed by atoms with Gasteiger partial charge in [-0.25, -0.2) is 4.68 Å². The summed E-state index contributed by atoms with van der Waals surface area (Å²) < 4.78 is 7.26. The Hall–Kier alpha value is -2.70. The van der Waals surface area contributed by atoms with Gasteiger partial charge < -0.3 is 9.64 Å². The molecule has 1 amide bonds. The van der Waals surface area contributed by atoms with Crippen LogP contribution in [0.1, 0.15) is 25.7 Å². The summed E-state index contributed by atoms with van der Waals surface area (Å²) in [6.45, 7) is 0.000796. The van der Waals surface area contributed by atoms with E-state index >= 15 is 0 Å². The van der Waals surface area contributed by atoms with E-state index in [0.29, 0.717) is 0 Å². The predicted molar refractivity (Wildman–Crippen MR) is 90.0 cm³/mol. The summed E-state index contributed by atoms with van der Waals surface area (Å²) in [6.07, 6.45) is 8.66. The van der Waals surface area contributed by atoms with Crippen LogP contribution < -0.4 is 10.3 Å². The second-order valence-electron chi connectivity index (χ2n) is 6.61. The van der Waals surface area contributed by atoms with Gasteiger partial charge in [0.1, 0.15) is 18.4 Å². The Bertz CT molecular complexity index is 793. The Morgan fingerprint density at radius 3 is 2.60 bits per heavy atom. The maximum atomic E-state index is 12.7. The third kappa shape index (κ3) is 3.26. The molecule has 0 N–H and O–H groups in total. The molecule has 0 aromatic carbocycles. The van der Waals surface area contributed by atoms with E-state index in [1.54, 1.807) is 18.5 Å². The minimum atomic E-state index is -0.252. The monoisotopic (exact) mass is 340 g/mol. The van der Waals surface area contributed by atoms with Crippen molar-refractivity contribution >= 4 is 5.91 Å². The lowest BCUT2D eigenvalue weighted by atomic mass is 9.99. The third-order valence-electron chi connectivity index (χ3n) is 4.99. The maximum absolute atomic E-state index is 12.7. The molecule has 2 fully saturated rings. The number of pyridine rings is 1. The number of carbonyl (C=O) groups excluding carboxylic acids is 1. The molecule has 130 valence electrons. The van der Waals surface area contributed by atoms with E-state index in [2.05, 4.69) is 10.1 Å². The number of rotatable bonds is 4. The molecule has 0 saturated carbocycles. The summed E-state index contributed by atoms with van der Waals surface area (Å²) >= 11 is 0. The van der Waals surface area contributed by atoms with Gasteiger partial charge in [0, 0.05) is 43.4 Å². The number of amides is 1. The Balaban J connectivity index is 1.43. The molecule has 4 rings (SSSR count). The summed E-state index contributed by atoms with van der Waals surface area (Å²) in [7, 11) is 0. The lowest BCUT2D eigenvalue weighted by Gasteiger charge is -2.38. The number of ether oxygens (including phenoxy) is 1. The van der Waals surface area contributed by atoms with Gasteiger partial charge in [-0.1, -0.05) is 0 Å². The number of piperidine rings is 1. The summed E-state index contributed by atoms with van der Waals surface area (Å²) in [5.74, 6) is 0.736. The van der Waals surface area contributed by atoms with Crippen molar-refractivity contribution in [3.05, 3.63) is 53.2 Å². The minimum Gasteiger partial charge on any atom is -0.489 e. The highest BCUT2D eigenvalue weighted by molar-refractivity contribution is 5.77. The maximum Gasteiger partial charge on any atom is 0.267 e. The lowest BCUT2D eigenvalue weighted by molar-refractivity contribution is -0.138. The molecule has 0 aliphatic carbocycles. The van der Waals surface area contributed by atoms with Crippen LogP contribution in [0.15, 0.2) is 47.7 Å². The topological polar surface area (TPSA) is 77.3 Å². The van der Waals surface area contributed by atoms with Gasteiger partial charge in [0.05, 0.1) is 6.20 Å². The number of fused-ring (bicyclic) bond motifs is 2. The number of hydrogen-bond donors (Lipinski definition) is 0. The molecule has 0 radical (unpaired) electrons. The van der Waals surface area contributed by atoms with E-state index in [4.69, 9.17) is 4.74 Å². The van der Waals surface area contributed by atoms with Gasteiger partial charge in [-0.2, -0.15) is 5.10 Å². The van der Waals surface area contributed by atoms with Crippen LogP contribution in [0, 0.1) is 0 Å². The summed E-state index contributed by atoms with van der Waals surface area (Å²) in [4.78, 5) is 30.5. The van der Waals surface area contributed by atoms with Crippen LogP contribution in [-0.4, -0.2) is 43.8 Å². The molecule has 2 atom stereocenters. The number of carbonyl (C=O) groups is 1. The average molecular weight is 340 g/mol. The molecule has 2 aromatic rings. The van der Waals surface area contributed by atoms with E-state index in [9.17, 15) is 9.59 Å². The molecule has 2 unspecified atom stereocenters. The van der Waals surface area contributed by atoms with Crippen LogP contribution in [0.5, 0.6) is 5.75 Å². The van der Waals surface area contributed by atoms with Crippen molar-refractivity contribution in [2.24, 2.45) is 0 Å². The zero-order valence-corrected chi connectivity index (χ0v) is 13.8. The Morgan fingerprint density at radius 1 is 1.16 bits per heavy atom. The fourth-order valence-electron chi connectivity index (χ4n) is 3.96. The van der Waals surface area contributed by atoms with Crippen LogP contribution in [0.3, 0.4) is 0 Å². The SMILES string of the molecule is O=C(Cn1ncccc1=O)N1C2CCC1CC(Oc1cccnc1)C2. The van der Waals surface area contributed by atoms with Crippen LogP contribution >= 0.6 is 0 Å². The third-order valence-corrected chi connectivity index (χ3v) is 4.99. The molecular weight excluding hydrogens is 320 g/mol. The van der Waals surface area contributed by atoms with Crippen molar-refractivity contribution in [1.29, 1.82) is 0 Å². The predicted octanol–water partition coefficient (Wildman–Crippen LogP) is 1.24. The molecule has 7 heteroatoms. The second-order valence-corrected chi connectivity index (χ2v) is 6.61. The molecule has 7 nitrogen and oxygen atoms in total. The first-order valence-electron chi connectivity index (χ1n) is 8.60. The molecule has 2 aromatic heterocycles. The van der Waals surface area contributed by atoms with Gasteiger partial charge in [0.25, 0.3) is 5.56 Å². The Labute approximate surface area is 145 Å². The number of hydrogen-bond acceptors (Lipinski definition) is 5. The fourth-order valence-corrected chi connectivity index (χ4v) is 3.96. The van der Waals surface area contributed by atoms with Crippen molar-refractivity contribution < 1.29 is 9.53 Å². The van der Waals surface area contributed by atoms with Crippen LogP contribution in [-0.2, 0) is 11.3 Å². The molecular formula is C18H20N4O3. The quantitative estimate of drug-likeness (QED) is 0.837. The van der Waals surface area contributed by atoms with E-state index < -0.39 is 0 Å². The first-order chi connectivity index (χ1) is 12.2. The van der Waals surface area contributed by atoms with E-state index in [1.807, 2.05) is 17.0 Å². The zero-order valence-electron chi connectivity index (χ0n) is 13.8. The van der Waals surface area contributed by atoms with Gasteiger partial charge in [-0.3, -0.25) is 14.6 Å².